The van der Waals surface area contributed by atoms with Crippen molar-refractivity contribution in [2.45, 2.75) is 38.3 Å². The van der Waals surface area contributed by atoms with Crippen LogP contribution in [0.5, 0.6) is 0 Å². The number of non-ortho nitro benzene ring substituents is 1. The van der Waals surface area contributed by atoms with Crippen molar-refractivity contribution in [1.82, 2.24) is 10.2 Å². The second kappa shape index (κ2) is 13.8. The maximum absolute atomic E-state index is 13.9. The van der Waals surface area contributed by atoms with Crippen LogP contribution in [0.25, 0.3) is 0 Å². The van der Waals surface area contributed by atoms with E-state index in [0.717, 1.165) is 10.4 Å². The van der Waals surface area contributed by atoms with Gasteiger partial charge in [0.2, 0.25) is 11.8 Å². The van der Waals surface area contributed by atoms with Gasteiger partial charge in [-0.1, -0.05) is 67.4 Å². The number of rotatable bonds is 12. The summed E-state index contributed by atoms with van der Waals surface area (Å²) in [6.07, 6.45) is 0. The first kappa shape index (κ1) is 31.9. The lowest BCUT2D eigenvalue weighted by atomic mass is 10.1. The van der Waals surface area contributed by atoms with Gasteiger partial charge in [-0.25, -0.2) is 8.42 Å². The Morgan fingerprint density at radius 2 is 1.63 bits per heavy atom. The molecule has 3 aromatic rings. The average molecular weight is 622 g/mol. The number of amides is 2. The number of nitro benzene ring substituents is 1. The SMILES string of the molecule is CC(C)CNC(=O)C(C)N(Cc1ccc(Cl)c(Cl)c1)C(=O)CN(c1cccc([N+](=O)[O-])c1)S(=O)(=O)c1ccccc1. The van der Waals surface area contributed by atoms with Crippen LogP contribution in [0.1, 0.15) is 26.3 Å². The lowest BCUT2D eigenvalue weighted by molar-refractivity contribution is -0.384. The monoisotopic (exact) mass is 620 g/mol. The van der Waals surface area contributed by atoms with Crippen LogP contribution in [0.3, 0.4) is 0 Å². The number of carbonyl (C=O) groups excluding carboxylic acids is 2. The Kier molecular flexibility index (Phi) is 10.7. The molecule has 0 bridgehead atoms. The molecule has 0 aliphatic rings. The maximum Gasteiger partial charge on any atom is 0.271 e. The molecule has 2 amide bonds. The number of benzene rings is 3. The Bertz CT molecular complexity index is 1520. The minimum Gasteiger partial charge on any atom is -0.354 e. The number of hydrogen-bond donors (Lipinski definition) is 1. The van der Waals surface area contributed by atoms with Crippen molar-refractivity contribution in [3.05, 3.63) is 98.5 Å². The van der Waals surface area contributed by atoms with E-state index in [-0.39, 0.29) is 33.8 Å². The van der Waals surface area contributed by atoms with Crippen molar-refractivity contribution in [2.75, 3.05) is 17.4 Å². The summed E-state index contributed by atoms with van der Waals surface area (Å²) in [7, 11) is -4.35. The molecule has 1 atom stereocenters. The first-order valence-electron chi connectivity index (χ1n) is 12.6. The third-order valence-electron chi connectivity index (χ3n) is 6.13. The molecule has 0 fully saturated rings. The molecule has 0 radical (unpaired) electrons. The first-order chi connectivity index (χ1) is 19.3. The summed E-state index contributed by atoms with van der Waals surface area (Å²) in [5, 5.41) is 14.8. The van der Waals surface area contributed by atoms with E-state index < -0.39 is 39.3 Å². The van der Waals surface area contributed by atoms with E-state index in [0.29, 0.717) is 17.1 Å². The molecule has 0 aliphatic heterocycles. The van der Waals surface area contributed by atoms with Gasteiger partial charge in [0.05, 0.1) is 25.6 Å². The summed E-state index contributed by atoms with van der Waals surface area (Å²) in [6.45, 7) is 4.94. The number of halogens is 2. The maximum atomic E-state index is 13.9. The highest BCUT2D eigenvalue weighted by Crippen LogP contribution is 2.28. The number of nitrogens with zero attached hydrogens (tertiary/aromatic N) is 3. The van der Waals surface area contributed by atoms with Crippen molar-refractivity contribution in [3.63, 3.8) is 0 Å². The molecule has 0 spiro atoms. The van der Waals surface area contributed by atoms with Crippen LogP contribution in [-0.4, -0.2) is 49.2 Å². The number of carbonyl (C=O) groups is 2. The molecule has 10 nitrogen and oxygen atoms in total. The molecule has 0 heterocycles. The molecule has 3 aromatic carbocycles. The number of anilines is 1. The molecule has 0 aliphatic carbocycles. The van der Waals surface area contributed by atoms with Crippen LogP contribution in [-0.2, 0) is 26.2 Å². The van der Waals surface area contributed by atoms with Gasteiger partial charge < -0.3 is 10.2 Å². The third-order valence-corrected chi connectivity index (χ3v) is 8.65. The molecule has 1 unspecified atom stereocenters. The Hall–Kier alpha value is -3.67. The standard InChI is InChI=1S/C28H30Cl2N4O6S/c1-19(2)16-31-28(36)20(3)32(17-21-12-13-25(29)26(30)14-21)27(35)18-33(22-8-7-9-23(15-22)34(37)38)41(39,40)24-10-5-4-6-11-24/h4-15,19-20H,16-18H2,1-3H3,(H,31,36). The van der Waals surface area contributed by atoms with E-state index in [9.17, 15) is 28.1 Å². The average Bonchev–Trinajstić information content (AvgIpc) is 2.95. The van der Waals surface area contributed by atoms with E-state index in [1.54, 1.807) is 24.3 Å². The first-order valence-corrected chi connectivity index (χ1v) is 14.8. The summed E-state index contributed by atoms with van der Waals surface area (Å²) in [5.74, 6) is -0.986. The molecule has 0 saturated carbocycles. The lowest BCUT2D eigenvalue weighted by Crippen LogP contribution is -2.51. The molecular formula is C28H30Cl2N4O6S. The van der Waals surface area contributed by atoms with E-state index in [1.807, 2.05) is 13.8 Å². The Labute approximate surface area is 249 Å². The van der Waals surface area contributed by atoms with Gasteiger partial charge in [-0.2, -0.15) is 0 Å². The van der Waals surface area contributed by atoms with Gasteiger partial charge in [0.25, 0.3) is 15.7 Å². The summed E-state index contributed by atoms with van der Waals surface area (Å²) in [4.78, 5) is 38.9. The Balaban J connectivity index is 2.06. The van der Waals surface area contributed by atoms with Crippen LogP contribution in [0.15, 0.2) is 77.7 Å². The van der Waals surface area contributed by atoms with Crippen molar-refractivity contribution in [1.29, 1.82) is 0 Å². The number of hydrogen-bond acceptors (Lipinski definition) is 6. The van der Waals surface area contributed by atoms with Crippen molar-refractivity contribution in [2.24, 2.45) is 5.92 Å². The van der Waals surface area contributed by atoms with E-state index in [4.69, 9.17) is 23.2 Å². The topological polar surface area (TPSA) is 130 Å². The largest absolute Gasteiger partial charge is 0.354 e. The Morgan fingerprint density at radius 1 is 0.951 bits per heavy atom. The lowest BCUT2D eigenvalue weighted by Gasteiger charge is -2.32. The van der Waals surface area contributed by atoms with Crippen LogP contribution < -0.4 is 9.62 Å². The second-order valence-corrected chi connectivity index (χ2v) is 12.4. The highest BCUT2D eigenvalue weighted by Gasteiger charge is 2.33. The Morgan fingerprint density at radius 3 is 2.24 bits per heavy atom. The summed E-state index contributed by atoms with van der Waals surface area (Å²) in [6, 6.07) is 16.2. The zero-order chi connectivity index (χ0) is 30.3. The number of nitro groups is 1. The molecule has 0 aromatic heterocycles. The molecule has 41 heavy (non-hydrogen) atoms. The second-order valence-electron chi connectivity index (χ2n) is 9.69. The molecular weight excluding hydrogens is 591 g/mol. The molecule has 13 heteroatoms. The summed E-state index contributed by atoms with van der Waals surface area (Å²) >= 11 is 12.2. The van der Waals surface area contributed by atoms with Crippen molar-refractivity contribution >= 4 is 56.4 Å². The zero-order valence-corrected chi connectivity index (χ0v) is 25.0. The zero-order valence-electron chi connectivity index (χ0n) is 22.7. The van der Waals surface area contributed by atoms with Gasteiger partial charge in [-0.15, -0.1) is 0 Å². The molecule has 0 saturated heterocycles. The third kappa shape index (κ3) is 8.18. The van der Waals surface area contributed by atoms with Crippen LogP contribution in [0.2, 0.25) is 10.0 Å². The van der Waals surface area contributed by atoms with E-state index in [2.05, 4.69) is 5.32 Å². The number of sulfonamides is 1. The van der Waals surface area contributed by atoms with E-state index in [1.165, 1.54) is 54.3 Å². The predicted molar refractivity (Wildman–Crippen MR) is 158 cm³/mol. The quantitative estimate of drug-likeness (QED) is 0.216. The summed E-state index contributed by atoms with van der Waals surface area (Å²) < 4.78 is 28.3. The van der Waals surface area contributed by atoms with Gasteiger partial charge in [-0.05, 0) is 48.7 Å². The van der Waals surface area contributed by atoms with Crippen LogP contribution in [0.4, 0.5) is 11.4 Å². The summed E-state index contributed by atoms with van der Waals surface area (Å²) in [5.41, 5.74) is 0.129. The van der Waals surface area contributed by atoms with E-state index >= 15 is 0 Å². The van der Waals surface area contributed by atoms with Gasteiger partial charge in [-0.3, -0.25) is 24.0 Å². The number of nitrogens with one attached hydrogen (secondary N) is 1. The normalized spacial score (nSPS) is 12.0. The fourth-order valence-corrected chi connectivity index (χ4v) is 5.63. The van der Waals surface area contributed by atoms with Gasteiger partial charge >= 0.3 is 0 Å². The fraction of sp³-hybridized carbons (Fsp3) is 0.286. The molecule has 218 valence electrons. The minimum absolute atomic E-state index is 0.0807. The smallest absolute Gasteiger partial charge is 0.271 e. The van der Waals surface area contributed by atoms with Gasteiger partial charge in [0.15, 0.2) is 0 Å². The highest BCUT2D eigenvalue weighted by molar-refractivity contribution is 7.92. The minimum atomic E-state index is -4.35. The predicted octanol–water partition coefficient (Wildman–Crippen LogP) is 5.29. The van der Waals surface area contributed by atoms with Crippen LogP contribution >= 0.6 is 23.2 Å². The highest BCUT2D eigenvalue weighted by atomic mass is 35.5. The van der Waals surface area contributed by atoms with Gasteiger partial charge in [0.1, 0.15) is 12.6 Å². The van der Waals surface area contributed by atoms with Crippen molar-refractivity contribution in [3.8, 4) is 0 Å². The van der Waals surface area contributed by atoms with Crippen LogP contribution in [0, 0.1) is 16.0 Å². The molecule has 1 N–H and O–H groups in total. The molecule has 3 rings (SSSR count). The fourth-order valence-electron chi connectivity index (χ4n) is 3.88. The van der Waals surface area contributed by atoms with Crippen molar-refractivity contribution < 1.29 is 22.9 Å². The van der Waals surface area contributed by atoms with Gasteiger partial charge in [0, 0.05) is 25.2 Å².